The average molecular weight is 293 g/mol. The van der Waals surface area contributed by atoms with E-state index in [-0.39, 0.29) is 11.9 Å². The predicted octanol–water partition coefficient (Wildman–Crippen LogP) is 3.39. The van der Waals surface area contributed by atoms with Crippen molar-refractivity contribution in [3.05, 3.63) is 48.0 Å². The smallest absolute Gasteiger partial charge is 0.124 e. The molecule has 0 saturated heterocycles. The second-order valence-electron chi connectivity index (χ2n) is 4.69. The number of benzene rings is 1. The summed E-state index contributed by atoms with van der Waals surface area (Å²) in [6, 6.07) is 8.93. The Morgan fingerprint density at radius 1 is 1.40 bits per heavy atom. The molecular formula is C15H20FN3S. The summed E-state index contributed by atoms with van der Waals surface area (Å²) in [5.74, 6) is 0.645. The van der Waals surface area contributed by atoms with Gasteiger partial charge in [0, 0.05) is 23.9 Å². The molecule has 0 aliphatic rings. The summed E-state index contributed by atoms with van der Waals surface area (Å²) in [5, 5.41) is 7.95. The van der Waals surface area contributed by atoms with Crippen LogP contribution >= 0.6 is 11.8 Å². The van der Waals surface area contributed by atoms with Gasteiger partial charge in [-0.05, 0) is 37.2 Å². The first-order chi connectivity index (χ1) is 9.69. The van der Waals surface area contributed by atoms with Crippen molar-refractivity contribution in [2.24, 2.45) is 7.05 Å². The Labute approximate surface area is 123 Å². The van der Waals surface area contributed by atoms with E-state index in [0.717, 1.165) is 29.3 Å². The third-order valence-corrected chi connectivity index (χ3v) is 4.03. The first-order valence-corrected chi connectivity index (χ1v) is 7.79. The Hall–Kier alpha value is -1.33. The van der Waals surface area contributed by atoms with Crippen molar-refractivity contribution in [1.82, 2.24) is 15.1 Å². The lowest BCUT2D eigenvalue weighted by Gasteiger charge is -2.16. The number of hydrogen-bond donors (Lipinski definition) is 1. The number of thioether (sulfide) groups is 1. The van der Waals surface area contributed by atoms with Gasteiger partial charge in [-0.15, -0.1) is 11.8 Å². The van der Waals surface area contributed by atoms with Crippen molar-refractivity contribution in [1.29, 1.82) is 0 Å². The second-order valence-corrected chi connectivity index (χ2v) is 5.78. The maximum Gasteiger partial charge on any atom is 0.124 e. The van der Waals surface area contributed by atoms with Crippen molar-refractivity contribution < 1.29 is 4.39 Å². The van der Waals surface area contributed by atoms with E-state index in [2.05, 4.69) is 17.3 Å². The molecular weight excluding hydrogens is 273 g/mol. The van der Waals surface area contributed by atoms with Gasteiger partial charge in [-0.25, -0.2) is 4.39 Å². The predicted molar refractivity (Wildman–Crippen MR) is 81.4 cm³/mol. The van der Waals surface area contributed by atoms with Crippen LogP contribution in [0.4, 0.5) is 4.39 Å². The van der Waals surface area contributed by atoms with E-state index in [9.17, 15) is 4.39 Å². The third kappa shape index (κ3) is 4.35. The zero-order chi connectivity index (χ0) is 14.4. The molecule has 0 aliphatic heterocycles. The quantitative estimate of drug-likeness (QED) is 0.794. The van der Waals surface area contributed by atoms with E-state index in [4.69, 9.17) is 0 Å². The minimum absolute atomic E-state index is 0.185. The molecule has 1 aromatic heterocycles. The average Bonchev–Trinajstić information content (AvgIpc) is 2.85. The Morgan fingerprint density at radius 3 is 2.90 bits per heavy atom. The van der Waals surface area contributed by atoms with Gasteiger partial charge in [-0.1, -0.05) is 13.0 Å². The molecule has 1 heterocycles. The van der Waals surface area contributed by atoms with Crippen LogP contribution in [0.15, 0.2) is 41.4 Å². The highest BCUT2D eigenvalue weighted by molar-refractivity contribution is 7.99. The molecule has 3 nitrogen and oxygen atoms in total. The first kappa shape index (κ1) is 15.1. The van der Waals surface area contributed by atoms with Gasteiger partial charge < -0.3 is 5.32 Å². The van der Waals surface area contributed by atoms with Crippen LogP contribution in [0.5, 0.6) is 0 Å². The minimum Gasteiger partial charge on any atom is -0.308 e. The van der Waals surface area contributed by atoms with Crippen molar-refractivity contribution >= 4 is 11.8 Å². The molecule has 1 atom stereocenters. The molecule has 2 aromatic rings. The standard InChI is InChI=1S/C15H20FN3S/c1-3-8-17-15(14-7-9-19(2)18-14)11-20-13-6-4-5-12(16)10-13/h4-7,9-10,15,17H,3,8,11H2,1-2H3. The number of hydrogen-bond acceptors (Lipinski definition) is 3. The van der Waals surface area contributed by atoms with Crippen molar-refractivity contribution in [3.8, 4) is 0 Å². The summed E-state index contributed by atoms with van der Waals surface area (Å²) in [5.41, 5.74) is 1.03. The normalized spacial score (nSPS) is 12.6. The largest absolute Gasteiger partial charge is 0.308 e. The van der Waals surface area contributed by atoms with Gasteiger partial charge in [-0.3, -0.25) is 4.68 Å². The fraction of sp³-hybridized carbons (Fsp3) is 0.400. The highest BCUT2D eigenvalue weighted by atomic mass is 32.2. The minimum atomic E-state index is -0.189. The molecule has 0 fully saturated rings. The van der Waals surface area contributed by atoms with Crippen LogP contribution in [0.1, 0.15) is 25.1 Å². The van der Waals surface area contributed by atoms with Crippen LogP contribution < -0.4 is 5.32 Å². The van der Waals surface area contributed by atoms with Gasteiger partial charge in [0.2, 0.25) is 0 Å². The molecule has 0 bridgehead atoms. The van der Waals surface area contributed by atoms with E-state index < -0.39 is 0 Å². The second kappa shape index (κ2) is 7.45. The van der Waals surface area contributed by atoms with E-state index in [1.54, 1.807) is 23.9 Å². The van der Waals surface area contributed by atoms with Crippen LogP contribution in [-0.4, -0.2) is 22.1 Å². The highest BCUT2D eigenvalue weighted by Crippen LogP contribution is 2.24. The van der Waals surface area contributed by atoms with Crippen molar-refractivity contribution in [3.63, 3.8) is 0 Å². The van der Waals surface area contributed by atoms with Crippen molar-refractivity contribution in [2.45, 2.75) is 24.3 Å². The Kier molecular flexibility index (Phi) is 5.61. The van der Waals surface area contributed by atoms with Crippen molar-refractivity contribution in [2.75, 3.05) is 12.3 Å². The lowest BCUT2D eigenvalue weighted by Crippen LogP contribution is -2.24. The summed E-state index contributed by atoms with van der Waals surface area (Å²) in [4.78, 5) is 0.948. The highest BCUT2D eigenvalue weighted by Gasteiger charge is 2.14. The molecule has 0 aliphatic carbocycles. The van der Waals surface area contributed by atoms with Gasteiger partial charge in [-0.2, -0.15) is 5.10 Å². The molecule has 1 aromatic carbocycles. The number of nitrogens with zero attached hydrogens (tertiary/aromatic N) is 2. The molecule has 108 valence electrons. The molecule has 2 rings (SSSR count). The summed E-state index contributed by atoms with van der Waals surface area (Å²) >= 11 is 1.65. The van der Waals surface area contributed by atoms with Crippen LogP contribution in [-0.2, 0) is 7.05 Å². The maximum absolute atomic E-state index is 13.2. The van der Waals surface area contributed by atoms with E-state index in [1.807, 2.05) is 30.1 Å². The van der Waals surface area contributed by atoms with Crippen LogP contribution in [0, 0.1) is 5.82 Å². The molecule has 1 N–H and O–H groups in total. The maximum atomic E-state index is 13.2. The monoisotopic (exact) mass is 293 g/mol. The molecule has 1 unspecified atom stereocenters. The zero-order valence-corrected chi connectivity index (χ0v) is 12.7. The fourth-order valence-corrected chi connectivity index (χ4v) is 2.94. The molecule has 20 heavy (non-hydrogen) atoms. The van der Waals surface area contributed by atoms with E-state index >= 15 is 0 Å². The lowest BCUT2D eigenvalue weighted by molar-refractivity contribution is 0.555. The van der Waals surface area contributed by atoms with E-state index in [1.165, 1.54) is 6.07 Å². The number of aryl methyl sites for hydroxylation is 1. The van der Waals surface area contributed by atoms with Crippen LogP contribution in [0.3, 0.4) is 0 Å². The lowest BCUT2D eigenvalue weighted by atomic mass is 10.2. The number of aromatic nitrogens is 2. The first-order valence-electron chi connectivity index (χ1n) is 6.80. The fourth-order valence-electron chi connectivity index (χ4n) is 1.92. The topological polar surface area (TPSA) is 29.9 Å². The molecule has 0 spiro atoms. The summed E-state index contributed by atoms with van der Waals surface area (Å²) in [6.45, 7) is 3.09. The van der Waals surface area contributed by atoms with Crippen LogP contribution in [0.25, 0.3) is 0 Å². The molecule has 0 saturated carbocycles. The third-order valence-electron chi connectivity index (χ3n) is 2.94. The summed E-state index contributed by atoms with van der Waals surface area (Å²) < 4.78 is 15.0. The Balaban J connectivity index is 2.00. The molecule has 5 heteroatoms. The number of nitrogens with one attached hydrogen (secondary N) is 1. The molecule has 0 radical (unpaired) electrons. The molecule has 0 amide bonds. The van der Waals surface area contributed by atoms with Gasteiger partial charge in [0.15, 0.2) is 0 Å². The SMILES string of the molecule is CCCNC(CSc1cccc(F)c1)c1ccn(C)n1. The Morgan fingerprint density at radius 2 is 2.25 bits per heavy atom. The summed E-state index contributed by atoms with van der Waals surface area (Å²) in [7, 11) is 1.92. The number of halogens is 1. The Bertz CT molecular complexity index is 541. The number of rotatable bonds is 7. The van der Waals surface area contributed by atoms with Gasteiger partial charge >= 0.3 is 0 Å². The summed E-state index contributed by atoms with van der Waals surface area (Å²) in [6.07, 6.45) is 3.02. The van der Waals surface area contributed by atoms with Gasteiger partial charge in [0.1, 0.15) is 5.82 Å². The van der Waals surface area contributed by atoms with Gasteiger partial charge in [0.05, 0.1) is 11.7 Å². The zero-order valence-electron chi connectivity index (χ0n) is 11.8. The van der Waals surface area contributed by atoms with Crippen LogP contribution in [0.2, 0.25) is 0 Å². The van der Waals surface area contributed by atoms with E-state index in [0.29, 0.717) is 0 Å². The van der Waals surface area contributed by atoms with Gasteiger partial charge in [0.25, 0.3) is 0 Å².